The van der Waals surface area contributed by atoms with Gasteiger partial charge in [-0.3, -0.25) is 4.79 Å². The number of hydrogen-bond acceptors (Lipinski definition) is 3. The lowest BCUT2D eigenvalue weighted by atomic mass is 9.88. The summed E-state index contributed by atoms with van der Waals surface area (Å²) in [5.74, 6) is 1.62. The van der Waals surface area contributed by atoms with E-state index in [0.717, 1.165) is 44.7 Å². The molecule has 6 nitrogen and oxygen atoms in total. The highest BCUT2D eigenvalue weighted by Gasteiger charge is 2.50. The predicted octanol–water partition coefficient (Wildman–Crippen LogP) is 2.74. The average Bonchev–Trinajstić information content (AvgIpc) is 3.13. The molecular formula is C23H31N3O3. The molecule has 1 spiro atoms. The molecule has 1 aliphatic carbocycles. The Balaban J connectivity index is 1.06. The van der Waals surface area contributed by atoms with Gasteiger partial charge in [-0.15, -0.1) is 0 Å². The Labute approximate surface area is 172 Å². The molecule has 0 bridgehead atoms. The van der Waals surface area contributed by atoms with E-state index in [9.17, 15) is 9.59 Å². The van der Waals surface area contributed by atoms with Crippen LogP contribution in [-0.4, -0.2) is 60.1 Å². The lowest BCUT2D eigenvalue weighted by Gasteiger charge is -2.49. The molecule has 0 atom stereocenters. The first kappa shape index (κ1) is 18.8. The zero-order valence-corrected chi connectivity index (χ0v) is 17.1. The zero-order chi connectivity index (χ0) is 19.8. The molecule has 3 fully saturated rings. The highest BCUT2D eigenvalue weighted by atomic mass is 16.5. The highest BCUT2D eigenvalue weighted by Crippen LogP contribution is 2.32. The minimum absolute atomic E-state index is 0.122. The van der Waals surface area contributed by atoms with Crippen molar-refractivity contribution in [3.63, 3.8) is 0 Å². The highest BCUT2D eigenvalue weighted by molar-refractivity contribution is 5.82. The van der Waals surface area contributed by atoms with Gasteiger partial charge < -0.3 is 19.9 Å². The van der Waals surface area contributed by atoms with E-state index < -0.39 is 0 Å². The van der Waals surface area contributed by atoms with Gasteiger partial charge in [0.25, 0.3) is 0 Å². The lowest BCUT2D eigenvalue weighted by molar-refractivity contribution is -0.120. The first-order valence-corrected chi connectivity index (χ1v) is 11.2. The van der Waals surface area contributed by atoms with E-state index in [1.165, 1.54) is 36.8 Å². The lowest BCUT2D eigenvalue weighted by Crippen LogP contribution is -2.70. The average molecular weight is 398 g/mol. The van der Waals surface area contributed by atoms with Crippen LogP contribution in [0.25, 0.3) is 0 Å². The van der Waals surface area contributed by atoms with E-state index >= 15 is 0 Å². The van der Waals surface area contributed by atoms with E-state index in [0.29, 0.717) is 25.4 Å². The molecule has 0 radical (unpaired) electrons. The van der Waals surface area contributed by atoms with Crippen molar-refractivity contribution in [2.75, 3.05) is 32.8 Å². The smallest absolute Gasteiger partial charge is 0.320 e. The van der Waals surface area contributed by atoms with Crippen molar-refractivity contribution in [3.8, 4) is 5.75 Å². The first-order valence-electron chi connectivity index (χ1n) is 11.2. The van der Waals surface area contributed by atoms with Gasteiger partial charge in [-0.2, -0.15) is 0 Å². The second-order valence-electron chi connectivity index (χ2n) is 9.35. The number of rotatable bonds is 3. The second kappa shape index (κ2) is 7.54. The van der Waals surface area contributed by atoms with Crippen molar-refractivity contribution in [3.05, 3.63) is 29.3 Å². The van der Waals surface area contributed by atoms with Crippen LogP contribution < -0.4 is 10.1 Å². The van der Waals surface area contributed by atoms with E-state index in [1.54, 1.807) is 0 Å². The van der Waals surface area contributed by atoms with Gasteiger partial charge in [0.15, 0.2) is 0 Å². The quantitative estimate of drug-likeness (QED) is 0.853. The van der Waals surface area contributed by atoms with Crippen LogP contribution in [0.5, 0.6) is 5.75 Å². The predicted molar refractivity (Wildman–Crippen MR) is 110 cm³/mol. The summed E-state index contributed by atoms with van der Waals surface area (Å²) in [6, 6.07) is 6.71. The van der Waals surface area contributed by atoms with E-state index in [4.69, 9.17) is 4.74 Å². The van der Waals surface area contributed by atoms with Crippen LogP contribution in [-0.2, 0) is 17.6 Å². The van der Waals surface area contributed by atoms with Crippen molar-refractivity contribution in [1.82, 2.24) is 15.1 Å². The molecule has 29 heavy (non-hydrogen) atoms. The zero-order valence-electron chi connectivity index (χ0n) is 17.1. The molecule has 6 heteroatoms. The fourth-order valence-electron chi connectivity index (χ4n) is 5.33. The molecule has 0 unspecified atom stereocenters. The number of fused-ring (bicyclic) bond motifs is 1. The van der Waals surface area contributed by atoms with Gasteiger partial charge in [0.1, 0.15) is 5.75 Å². The third-order valence-corrected chi connectivity index (χ3v) is 7.18. The van der Waals surface area contributed by atoms with Gasteiger partial charge in [-0.25, -0.2) is 4.79 Å². The van der Waals surface area contributed by atoms with Gasteiger partial charge in [0.05, 0.1) is 12.1 Å². The van der Waals surface area contributed by atoms with E-state index in [2.05, 4.69) is 23.5 Å². The van der Waals surface area contributed by atoms with Crippen LogP contribution in [0.3, 0.4) is 0 Å². The molecule has 1 aromatic rings. The summed E-state index contributed by atoms with van der Waals surface area (Å²) >= 11 is 0. The number of hydrogen-bond donors (Lipinski definition) is 1. The standard InChI is InChI=1S/C23H31N3O3/c27-21-7-10-23(24-21)15-26(16-23)22(28)25-11-8-17(9-12-25)14-29-20-6-5-18-3-1-2-4-19(18)13-20/h5-6,13,17H,1-4,7-12,14-16H2,(H,24,27). The monoisotopic (exact) mass is 397 g/mol. The number of benzene rings is 1. The van der Waals surface area contributed by atoms with E-state index in [1.807, 2.05) is 9.80 Å². The molecular weight excluding hydrogens is 366 g/mol. The summed E-state index contributed by atoms with van der Waals surface area (Å²) in [4.78, 5) is 28.1. The number of amides is 3. The molecule has 3 heterocycles. The van der Waals surface area contributed by atoms with E-state index in [-0.39, 0.29) is 17.5 Å². The Hall–Kier alpha value is -2.24. The largest absolute Gasteiger partial charge is 0.493 e. The number of aryl methyl sites for hydroxylation is 2. The Bertz CT molecular complexity index is 795. The van der Waals surface area contributed by atoms with Crippen molar-refractivity contribution < 1.29 is 14.3 Å². The van der Waals surface area contributed by atoms with Gasteiger partial charge >= 0.3 is 6.03 Å². The second-order valence-corrected chi connectivity index (χ2v) is 9.35. The number of ether oxygens (including phenoxy) is 1. The Morgan fingerprint density at radius 2 is 1.83 bits per heavy atom. The van der Waals surface area contributed by atoms with Crippen LogP contribution in [0.15, 0.2) is 18.2 Å². The minimum Gasteiger partial charge on any atom is -0.493 e. The first-order chi connectivity index (χ1) is 14.1. The summed E-state index contributed by atoms with van der Waals surface area (Å²) in [7, 11) is 0. The number of carbonyl (C=O) groups is 2. The van der Waals surface area contributed by atoms with Crippen LogP contribution in [0.1, 0.15) is 49.7 Å². The Morgan fingerprint density at radius 1 is 1.07 bits per heavy atom. The molecule has 5 rings (SSSR count). The topological polar surface area (TPSA) is 61.9 Å². The maximum atomic E-state index is 12.7. The number of piperidine rings is 1. The fraction of sp³-hybridized carbons (Fsp3) is 0.652. The molecule has 1 aromatic carbocycles. The van der Waals surface area contributed by atoms with Crippen molar-refractivity contribution in [1.29, 1.82) is 0 Å². The maximum absolute atomic E-state index is 12.7. The molecule has 3 amide bonds. The SMILES string of the molecule is O=C1CCC2(CN(C(=O)N3CCC(COc4ccc5c(c4)CCCC5)CC3)C2)N1. The molecule has 3 saturated heterocycles. The normalized spacial score (nSPS) is 23.5. The Kier molecular flexibility index (Phi) is 4.88. The number of carbonyl (C=O) groups excluding carboxylic acids is 2. The summed E-state index contributed by atoms with van der Waals surface area (Å²) < 4.78 is 6.11. The van der Waals surface area contributed by atoms with Crippen LogP contribution in [0, 0.1) is 5.92 Å². The van der Waals surface area contributed by atoms with Crippen LogP contribution >= 0.6 is 0 Å². The molecule has 4 aliphatic rings. The fourth-order valence-corrected chi connectivity index (χ4v) is 5.33. The van der Waals surface area contributed by atoms with Crippen molar-refractivity contribution >= 4 is 11.9 Å². The van der Waals surface area contributed by atoms with Gasteiger partial charge in [-0.1, -0.05) is 6.07 Å². The third kappa shape index (κ3) is 3.81. The van der Waals surface area contributed by atoms with Gasteiger partial charge in [0, 0.05) is 32.6 Å². The molecule has 1 N–H and O–H groups in total. The van der Waals surface area contributed by atoms with Gasteiger partial charge in [-0.05, 0) is 74.1 Å². The Morgan fingerprint density at radius 3 is 2.55 bits per heavy atom. The molecule has 0 saturated carbocycles. The van der Waals surface area contributed by atoms with Crippen LogP contribution in [0.4, 0.5) is 4.79 Å². The van der Waals surface area contributed by atoms with Gasteiger partial charge in [0.2, 0.25) is 5.91 Å². The summed E-state index contributed by atoms with van der Waals surface area (Å²) in [6.07, 6.45) is 8.40. The summed E-state index contributed by atoms with van der Waals surface area (Å²) in [5.41, 5.74) is 2.81. The third-order valence-electron chi connectivity index (χ3n) is 7.18. The van der Waals surface area contributed by atoms with Crippen molar-refractivity contribution in [2.24, 2.45) is 5.92 Å². The molecule has 3 aliphatic heterocycles. The molecule has 0 aromatic heterocycles. The molecule has 156 valence electrons. The maximum Gasteiger partial charge on any atom is 0.320 e. The van der Waals surface area contributed by atoms with Crippen molar-refractivity contribution in [2.45, 2.75) is 56.9 Å². The minimum atomic E-state index is -0.131. The summed E-state index contributed by atoms with van der Waals surface area (Å²) in [6.45, 7) is 3.66. The number of nitrogens with one attached hydrogen (secondary N) is 1. The number of urea groups is 1. The number of likely N-dealkylation sites (tertiary alicyclic amines) is 2. The number of nitrogens with zero attached hydrogens (tertiary/aromatic N) is 2. The summed E-state index contributed by atoms with van der Waals surface area (Å²) in [5, 5.41) is 3.04. The van der Waals surface area contributed by atoms with Crippen LogP contribution in [0.2, 0.25) is 0 Å².